The Kier molecular flexibility index (Phi) is 5.51. The first kappa shape index (κ1) is 14.7. The van der Waals surface area contributed by atoms with E-state index in [-0.39, 0.29) is 6.54 Å². The molecule has 100 valence electrons. The van der Waals surface area contributed by atoms with E-state index in [1.165, 1.54) is 32.5 Å². The van der Waals surface area contributed by atoms with Gasteiger partial charge in [-0.25, -0.2) is 4.79 Å². The molecule has 19 heavy (non-hydrogen) atoms. The molecule has 0 aliphatic carbocycles. The summed E-state index contributed by atoms with van der Waals surface area (Å²) in [5.41, 5.74) is 6.09. The molecule has 1 unspecified atom stereocenters. The Morgan fingerprint density at radius 3 is 2.95 bits per heavy atom. The molecule has 1 atom stereocenters. The van der Waals surface area contributed by atoms with Gasteiger partial charge in [0.05, 0.1) is 24.8 Å². The van der Waals surface area contributed by atoms with E-state index >= 15 is 0 Å². The van der Waals surface area contributed by atoms with Gasteiger partial charge < -0.3 is 15.8 Å². The van der Waals surface area contributed by atoms with Crippen molar-refractivity contribution in [3.63, 3.8) is 0 Å². The van der Waals surface area contributed by atoms with E-state index in [4.69, 9.17) is 5.73 Å². The molecule has 0 spiro atoms. The van der Waals surface area contributed by atoms with Crippen molar-refractivity contribution in [1.82, 2.24) is 10.3 Å². The number of nitrogens with two attached hydrogens (primary N) is 1. The highest BCUT2D eigenvalue weighted by molar-refractivity contribution is 5.98. The zero-order valence-corrected chi connectivity index (χ0v) is 10.8. The van der Waals surface area contributed by atoms with Crippen LogP contribution in [-0.4, -0.2) is 36.6 Å². The molecule has 0 bridgehead atoms. The molecule has 0 fully saturated rings. The van der Waals surface area contributed by atoms with Crippen LogP contribution < -0.4 is 11.1 Å². The first-order chi connectivity index (χ1) is 9.10. The van der Waals surface area contributed by atoms with Crippen molar-refractivity contribution in [2.45, 2.75) is 13.0 Å². The molecule has 0 saturated heterocycles. The van der Waals surface area contributed by atoms with Crippen LogP contribution in [-0.2, 0) is 9.53 Å². The topological polar surface area (TPSA) is 94.3 Å². The van der Waals surface area contributed by atoms with Gasteiger partial charge in [0.25, 0.3) is 5.91 Å². The molecule has 6 nitrogen and oxygen atoms in total. The molecular formula is C13H15N3O3. The Morgan fingerprint density at radius 1 is 1.58 bits per heavy atom. The molecule has 0 radical (unpaired) electrons. The predicted molar refractivity (Wildman–Crippen MR) is 69.1 cm³/mol. The van der Waals surface area contributed by atoms with E-state index in [0.29, 0.717) is 11.1 Å². The van der Waals surface area contributed by atoms with Crippen LogP contribution in [0.5, 0.6) is 0 Å². The zero-order chi connectivity index (χ0) is 14.3. The number of nitrogens with zero attached hydrogens (tertiary/aromatic N) is 1. The lowest BCUT2D eigenvalue weighted by atomic mass is 10.1. The fourth-order valence-corrected chi connectivity index (χ4v) is 1.35. The summed E-state index contributed by atoms with van der Waals surface area (Å²) >= 11 is 0. The third kappa shape index (κ3) is 4.08. The minimum atomic E-state index is -0.735. The highest BCUT2D eigenvalue weighted by Crippen LogP contribution is 2.05. The van der Waals surface area contributed by atoms with Crippen LogP contribution in [0, 0.1) is 11.8 Å². The van der Waals surface area contributed by atoms with Gasteiger partial charge >= 0.3 is 5.97 Å². The molecule has 1 heterocycles. The van der Waals surface area contributed by atoms with Crippen LogP contribution in [0.1, 0.15) is 22.8 Å². The number of pyridine rings is 1. The number of methoxy groups -OCH3 is 1. The van der Waals surface area contributed by atoms with Crippen molar-refractivity contribution >= 4 is 11.9 Å². The minimum Gasteiger partial charge on any atom is -0.467 e. The third-order valence-electron chi connectivity index (χ3n) is 2.29. The Balaban J connectivity index is 2.91. The molecule has 1 amide bonds. The van der Waals surface area contributed by atoms with Gasteiger partial charge in [-0.1, -0.05) is 11.8 Å². The van der Waals surface area contributed by atoms with Gasteiger partial charge in [-0.3, -0.25) is 9.78 Å². The molecule has 0 aliphatic rings. The number of amides is 1. The summed E-state index contributed by atoms with van der Waals surface area (Å²) in [6.07, 6.45) is 2.95. The Morgan fingerprint density at radius 2 is 2.32 bits per heavy atom. The first-order valence-corrected chi connectivity index (χ1v) is 5.61. The smallest absolute Gasteiger partial charge is 0.328 e. The average molecular weight is 261 g/mol. The first-order valence-electron chi connectivity index (χ1n) is 5.61. The van der Waals surface area contributed by atoms with Crippen LogP contribution in [0.2, 0.25) is 0 Å². The molecule has 6 heteroatoms. The highest BCUT2D eigenvalue weighted by Gasteiger charge is 2.18. The van der Waals surface area contributed by atoms with Crippen molar-refractivity contribution in [2.75, 3.05) is 13.7 Å². The summed E-state index contributed by atoms with van der Waals surface area (Å²) in [7, 11) is 1.26. The van der Waals surface area contributed by atoms with Crippen LogP contribution in [0.15, 0.2) is 18.5 Å². The summed E-state index contributed by atoms with van der Waals surface area (Å²) in [5.74, 6) is 4.48. The SMILES string of the molecule is COC(=O)C(C)NC(=O)c1ccncc1C#CCN. The fraction of sp³-hybridized carbons (Fsp3) is 0.308. The zero-order valence-electron chi connectivity index (χ0n) is 10.8. The standard InChI is InChI=1S/C13H15N3O3/c1-9(13(18)19-2)16-12(17)11-5-7-15-8-10(11)4-3-6-14/h5,7-9H,6,14H2,1-2H3,(H,16,17). The Labute approximate surface area is 111 Å². The van der Waals surface area contributed by atoms with Gasteiger partial charge in [0, 0.05) is 12.4 Å². The number of hydrogen-bond acceptors (Lipinski definition) is 5. The minimum absolute atomic E-state index is 0.189. The predicted octanol–water partition coefficient (Wildman–Crippen LogP) is -0.317. The lowest BCUT2D eigenvalue weighted by Crippen LogP contribution is -2.39. The van der Waals surface area contributed by atoms with Crippen molar-refractivity contribution < 1.29 is 14.3 Å². The van der Waals surface area contributed by atoms with Gasteiger partial charge in [0.1, 0.15) is 6.04 Å². The quantitative estimate of drug-likeness (QED) is 0.574. The van der Waals surface area contributed by atoms with Crippen LogP contribution in [0.25, 0.3) is 0 Å². The number of nitrogens with one attached hydrogen (secondary N) is 1. The Bertz CT molecular complexity index is 531. The number of esters is 1. The maximum Gasteiger partial charge on any atom is 0.328 e. The lowest BCUT2D eigenvalue weighted by molar-refractivity contribution is -0.142. The maximum absolute atomic E-state index is 12.0. The van der Waals surface area contributed by atoms with Crippen molar-refractivity contribution in [3.05, 3.63) is 29.6 Å². The summed E-state index contributed by atoms with van der Waals surface area (Å²) in [4.78, 5) is 27.2. The van der Waals surface area contributed by atoms with Crippen molar-refractivity contribution in [2.24, 2.45) is 5.73 Å². The molecule has 3 N–H and O–H groups in total. The largest absolute Gasteiger partial charge is 0.467 e. The number of aromatic nitrogens is 1. The van der Waals surface area contributed by atoms with Gasteiger partial charge in [0.15, 0.2) is 0 Å². The van der Waals surface area contributed by atoms with Crippen LogP contribution in [0.4, 0.5) is 0 Å². The molecule has 0 aliphatic heterocycles. The van der Waals surface area contributed by atoms with Gasteiger partial charge in [-0.15, -0.1) is 0 Å². The number of hydrogen-bond donors (Lipinski definition) is 2. The number of ether oxygens (including phenoxy) is 1. The highest BCUT2D eigenvalue weighted by atomic mass is 16.5. The molecule has 1 aromatic heterocycles. The van der Waals surface area contributed by atoms with Crippen molar-refractivity contribution in [3.8, 4) is 11.8 Å². The van der Waals surface area contributed by atoms with Crippen LogP contribution >= 0.6 is 0 Å². The van der Waals surface area contributed by atoms with Gasteiger partial charge in [-0.05, 0) is 13.0 Å². The van der Waals surface area contributed by atoms with E-state index < -0.39 is 17.9 Å². The number of rotatable bonds is 3. The van der Waals surface area contributed by atoms with E-state index in [1.807, 2.05) is 0 Å². The number of carbonyl (C=O) groups is 2. The molecular weight excluding hydrogens is 246 g/mol. The number of carbonyl (C=O) groups excluding carboxylic acids is 2. The molecule has 0 aromatic carbocycles. The molecule has 1 aromatic rings. The third-order valence-corrected chi connectivity index (χ3v) is 2.29. The second kappa shape index (κ2) is 7.13. The fourth-order valence-electron chi connectivity index (χ4n) is 1.35. The monoisotopic (exact) mass is 261 g/mol. The second-order valence-electron chi connectivity index (χ2n) is 3.65. The Hall–Kier alpha value is -2.39. The summed E-state index contributed by atoms with van der Waals surface area (Å²) in [5, 5.41) is 2.52. The average Bonchev–Trinajstić information content (AvgIpc) is 2.44. The van der Waals surface area contributed by atoms with Crippen molar-refractivity contribution in [1.29, 1.82) is 0 Å². The maximum atomic E-state index is 12.0. The molecule has 1 rings (SSSR count). The van der Waals surface area contributed by atoms with E-state index in [1.54, 1.807) is 0 Å². The van der Waals surface area contributed by atoms with Gasteiger partial charge in [0.2, 0.25) is 0 Å². The summed E-state index contributed by atoms with van der Waals surface area (Å²) < 4.78 is 4.53. The molecule has 0 saturated carbocycles. The van der Waals surface area contributed by atoms with E-state index in [2.05, 4.69) is 26.9 Å². The van der Waals surface area contributed by atoms with Gasteiger partial charge in [-0.2, -0.15) is 0 Å². The normalized spacial score (nSPS) is 10.9. The lowest BCUT2D eigenvalue weighted by Gasteiger charge is -2.12. The van der Waals surface area contributed by atoms with E-state index in [9.17, 15) is 9.59 Å². The van der Waals surface area contributed by atoms with Crippen LogP contribution in [0.3, 0.4) is 0 Å². The summed E-state index contributed by atoms with van der Waals surface area (Å²) in [6.45, 7) is 1.73. The van der Waals surface area contributed by atoms with E-state index in [0.717, 1.165) is 0 Å². The second-order valence-corrected chi connectivity index (χ2v) is 3.65. The summed E-state index contributed by atoms with van der Waals surface area (Å²) in [6, 6.07) is 0.792.